The summed E-state index contributed by atoms with van der Waals surface area (Å²) in [6.07, 6.45) is 4.50. The molecular weight excluding hydrogens is 240 g/mol. The molecule has 1 aliphatic heterocycles. The molecular formula is C11H15BrN2. The summed E-state index contributed by atoms with van der Waals surface area (Å²) < 4.78 is 1.11. The van der Waals surface area contributed by atoms with Gasteiger partial charge in [-0.25, -0.2) is 4.98 Å². The number of aromatic nitrogens is 1. The molecule has 0 amide bonds. The van der Waals surface area contributed by atoms with Crippen molar-refractivity contribution in [1.82, 2.24) is 4.98 Å². The van der Waals surface area contributed by atoms with E-state index in [2.05, 4.69) is 38.8 Å². The molecule has 1 aromatic heterocycles. The Hall–Kier alpha value is -0.570. The van der Waals surface area contributed by atoms with Crippen LogP contribution in [0.25, 0.3) is 0 Å². The maximum atomic E-state index is 4.39. The topological polar surface area (TPSA) is 16.1 Å². The molecule has 76 valence electrons. The lowest BCUT2D eigenvalue weighted by atomic mass is 10.0. The van der Waals surface area contributed by atoms with Crippen LogP contribution in [0.5, 0.6) is 0 Å². The van der Waals surface area contributed by atoms with Crippen LogP contribution in [0, 0.1) is 5.92 Å². The number of pyridine rings is 1. The maximum Gasteiger partial charge on any atom is 0.129 e. The second-order valence-electron chi connectivity index (χ2n) is 4.03. The molecule has 0 aliphatic carbocycles. The first-order chi connectivity index (χ1) is 6.75. The van der Waals surface area contributed by atoms with Gasteiger partial charge in [0, 0.05) is 23.8 Å². The highest BCUT2D eigenvalue weighted by atomic mass is 79.9. The van der Waals surface area contributed by atoms with Crippen molar-refractivity contribution in [3.63, 3.8) is 0 Å². The van der Waals surface area contributed by atoms with Crippen molar-refractivity contribution in [2.24, 2.45) is 5.92 Å². The molecule has 14 heavy (non-hydrogen) atoms. The zero-order valence-electron chi connectivity index (χ0n) is 8.41. The molecule has 0 N–H and O–H groups in total. The van der Waals surface area contributed by atoms with E-state index < -0.39 is 0 Å². The van der Waals surface area contributed by atoms with Gasteiger partial charge in [-0.15, -0.1) is 0 Å². The lowest BCUT2D eigenvalue weighted by Crippen LogP contribution is -2.34. The van der Waals surface area contributed by atoms with E-state index in [0.29, 0.717) is 0 Å². The van der Waals surface area contributed by atoms with E-state index in [1.54, 1.807) is 0 Å². The van der Waals surface area contributed by atoms with Gasteiger partial charge in [0.25, 0.3) is 0 Å². The van der Waals surface area contributed by atoms with E-state index in [1.807, 2.05) is 12.3 Å². The van der Waals surface area contributed by atoms with Crippen molar-refractivity contribution in [2.45, 2.75) is 19.8 Å². The van der Waals surface area contributed by atoms with Crippen molar-refractivity contribution >= 4 is 21.7 Å². The molecule has 1 saturated heterocycles. The fourth-order valence-electron chi connectivity index (χ4n) is 1.96. The molecule has 2 heterocycles. The summed E-state index contributed by atoms with van der Waals surface area (Å²) in [4.78, 5) is 6.77. The molecule has 3 heteroatoms. The molecule has 1 aliphatic rings. The first-order valence-electron chi connectivity index (χ1n) is 5.12. The fourth-order valence-corrected chi connectivity index (χ4v) is 2.29. The van der Waals surface area contributed by atoms with Crippen molar-refractivity contribution in [3.05, 3.63) is 22.8 Å². The molecule has 2 nitrogen and oxygen atoms in total. The molecule has 1 fully saturated rings. The second-order valence-corrected chi connectivity index (χ2v) is 4.94. The molecule has 0 aromatic carbocycles. The summed E-state index contributed by atoms with van der Waals surface area (Å²) in [5, 5.41) is 0. The van der Waals surface area contributed by atoms with Crippen LogP contribution in [0.15, 0.2) is 22.8 Å². The van der Waals surface area contributed by atoms with Crippen molar-refractivity contribution < 1.29 is 0 Å². The summed E-state index contributed by atoms with van der Waals surface area (Å²) in [6.45, 7) is 4.60. The van der Waals surface area contributed by atoms with Crippen molar-refractivity contribution in [3.8, 4) is 0 Å². The molecule has 2 rings (SSSR count). The summed E-state index contributed by atoms with van der Waals surface area (Å²) in [5.74, 6) is 1.90. The van der Waals surface area contributed by atoms with E-state index in [1.165, 1.54) is 12.8 Å². The molecule has 0 bridgehead atoms. The molecule has 0 spiro atoms. The summed E-state index contributed by atoms with van der Waals surface area (Å²) >= 11 is 3.48. The van der Waals surface area contributed by atoms with Gasteiger partial charge in [0.05, 0.1) is 0 Å². The average molecular weight is 255 g/mol. The van der Waals surface area contributed by atoms with Crippen LogP contribution in [0.3, 0.4) is 0 Å². The zero-order chi connectivity index (χ0) is 9.97. The third kappa shape index (κ3) is 2.27. The number of piperidine rings is 1. The quantitative estimate of drug-likeness (QED) is 0.766. The molecule has 0 saturated carbocycles. The highest BCUT2D eigenvalue weighted by Gasteiger charge is 2.17. The average Bonchev–Trinajstić information content (AvgIpc) is 2.18. The minimum atomic E-state index is 0.796. The first-order valence-corrected chi connectivity index (χ1v) is 5.91. The number of nitrogens with zero attached hydrogens (tertiary/aromatic N) is 2. The predicted molar refractivity (Wildman–Crippen MR) is 62.5 cm³/mol. The Morgan fingerprint density at radius 1 is 1.57 bits per heavy atom. The van der Waals surface area contributed by atoms with Gasteiger partial charge in [-0.3, -0.25) is 0 Å². The van der Waals surface area contributed by atoms with Crippen LogP contribution >= 0.6 is 15.9 Å². The highest BCUT2D eigenvalue weighted by molar-refractivity contribution is 9.10. The second kappa shape index (κ2) is 4.30. The van der Waals surface area contributed by atoms with Crippen LogP contribution in [0.1, 0.15) is 19.8 Å². The number of anilines is 1. The van der Waals surface area contributed by atoms with Gasteiger partial charge in [0.15, 0.2) is 0 Å². The Morgan fingerprint density at radius 2 is 2.43 bits per heavy atom. The summed E-state index contributed by atoms with van der Waals surface area (Å²) in [7, 11) is 0. The van der Waals surface area contributed by atoms with Gasteiger partial charge in [-0.05, 0) is 30.9 Å². The number of hydrogen-bond acceptors (Lipinski definition) is 2. The Morgan fingerprint density at radius 3 is 3.14 bits per heavy atom. The van der Waals surface area contributed by atoms with Crippen molar-refractivity contribution in [1.29, 1.82) is 0 Å². The van der Waals surface area contributed by atoms with Gasteiger partial charge in [0.1, 0.15) is 5.82 Å². The van der Waals surface area contributed by atoms with E-state index in [4.69, 9.17) is 0 Å². The van der Waals surface area contributed by atoms with Gasteiger partial charge in [0.2, 0.25) is 0 Å². The van der Waals surface area contributed by atoms with E-state index in [0.717, 1.165) is 29.3 Å². The minimum Gasteiger partial charge on any atom is -0.356 e. The Labute approximate surface area is 93.5 Å². The van der Waals surface area contributed by atoms with Gasteiger partial charge >= 0.3 is 0 Å². The fraction of sp³-hybridized carbons (Fsp3) is 0.545. The van der Waals surface area contributed by atoms with Crippen LogP contribution in [-0.4, -0.2) is 18.1 Å². The Bertz CT molecular complexity index is 314. The summed E-state index contributed by atoms with van der Waals surface area (Å²) in [5.41, 5.74) is 0. The van der Waals surface area contributed by atoms with E-state index in [-0.39, 0.29) is 0 Å². The van der Waals surface area contributed by atoms with Crippen LogP contribution in [0.4, 0.5) is 5.82 Å². The first kappa shape index (κ1) is 9.97. The maximum absolute atomic E-state index is 4.39. The zero-order valence-corrected chi connectivity index (χ0v) is 10.00. The lowest BCUT2D eigenvalue weighted by Gasteiger charge is -2.31. The smallest absolute Gasteiger partial charge is 0.129 e. The SMILES string of the molecule is CC1CCCN(c2cc(Br)ccn2)C1. The Balaban J connectivity index is 2.14. The third-order valence-electron chi connectivity index (χ3n) is 2.69. The van der Waals surface area contributed by atoms with Gasteiger partial charge in [-0.2, -0.15) is 0 Å². The lowest BCUT2D eigenvalue weighted by molar-refractivity contribution is 0.444. The van der Waals surface area contributed by atoms with Crippen LogP contribution in [0.2, 0.25) is 0 Å². The summed E-state index contributed by atoms with van der Waals surface area (Å²) in [6, 6.07) is 4.06. The normalized spacial score (nSPS) is 22.4. The minimum absolute atomic E-state index is 0.796. The molecule has 1 aromatic rings. The van der Waals surface area contributed by atoms with Gasteiger partial charge < -0.3 is 4.90 Å². The molecule has 0 radical (unpaired) electrons. The van der Waals surface area contributed by atoms with Crippen molar-refractivity contribution in [2.75, 3.05) is 18.0 Å². The van der Waals surface area contributed by atoms with E-state index in [9.17, 15) is 0 Å². The standard InChI is InChI=1S/C11H15BrN2/c1-9-3-2-6-14(8-9)11-7-10(12)4-5-13-11/h4-5,7,9H,2-3,6,8H2,1H3. The predicted octanol–water partition coefficient (Wildman–Crippen LogP) is 3.08. The highest BCUT2D eigenvalue weighted by Crippen LogP contribution is 2.23. The monoisotopic (exact) mass is 254 g/mol. The number of rotatable bonds is 1. The van der Waals surface area contributed by atoms with E-state index >= 15 is 0 Å². The number of hydrogen-bond donors (Lipinski definition) is 0. The Kier molecular flexibility index (Phi) is 3.06. The molecule has 1 unspecified atom stereocenters. The number of halogens is 1. The van der Waals surface area contributed by atoms with Crippen LogP contribution < -0.4 is 4.90 Å². The molecule has 1 atom stereocenters. The largest absolute Gasteiger partial charge is 0.356 e. The van der Waals surface area contributed by atoms with Gasteiger partial charge in [-0.1, -0.05) is 22.9 Å². The third-order valence-corrected chi connectivity index (χ3v) is 3.18. The van der Waals surface area contributed by atoms with Crippen LogP contribution in [-0.2, 0) is 0 Å².